The first kappa shape index (κ1) is 76.1. The molecule has 0 aliphatic carbocycles. The van der Waals surface area contributed by atoms with E-state index in [0.717, 1.165) is 44.9 Å². The molecule has 0 aromatic rings. The lowest BCUT2D eigenvalue weighted by Gasteiger charge is -2.20. The van der Waals surface area contributed by atoms with Gasteiger partial charge in [0.1, 0.15) is 0 Å². The molecule has 3 N–H and O–H groups in total. The molecule has 0 aromatic heterocycles. The van der Waals surface area contributed by atoms with Gasteiger partial charge in [0.15, 0.2) is 0 Å². The minimum Gasteiger partial charge on any atom is -0.466 e. The number of hydrogen-bond acceptors (Lipinski definition) is 5. The van der Waals surface area contributed by atoms with Crippen molar-refractivity contribution in [3.8, 4) is 0 Å². The van der Waals surface area contributed by atoms with Gasteiger partial charge >= 0.3 is 5.97 Å². The van der Waals surface area contributed by atoms with E-state index in [1.165, 1.54) is 315 Å². The van der Waals surface area contributed by atoms with Crippen molar-refractivity contribution < 1.29 is 24.5 Å². The predicted octanol–water partition coefficient (Wildman–Crippen LogP) is 22.7. The lowest BCUT2D eigenvalue weighted by molar-refractivity contribution is -0.143. The smallest absolute Gasteiger partial charge is 0.305 e. The van der Waals surface area contributed by atoms with E-state index < -0.39 is 12.1 Å². The number of amides is 1. The van der Waals surface area contributed by atoms with Gasteiger partial charge in [0.2, 0.25) is 5.91 Å². The Morgan fingerprint density at radius 3 is 0.910 bits per heavy atom. The minimum absolute atomic E-state index is 0.0153. The third-order valence-electron chi connectivity index (χ3n) is 16.4. The summed E-state index contributed by atoms with van der Waals surface area (Å²) in [6.07, 6.45) is 86.7. The molecule has 0 rings (SSSR count). The van der Waals surface area contributed by atoms with Crippen LogP contribution in [0.15, 0.2) is 36.5 Å². The van der Waals surface area contributed by atoms with Gasteiger partial charge in [0.25, 0.3) is 0 Å². The van der Waals surface area contributed by atoms with Crippen molar-refractivity contribution in [1.82, 2.24) is 5.32 Å². The number of rotatable bonds is 66. The highest BCUT2D eigenvalue weighted by Gasteiger charge is 2.18. The summed E-state index contributed by atoms with van der Waals surface area (Å²) in [5.41, 5.74) is 0. The maximum Gasteiger partial charge on any atom is 0.305 e. The molecule has 0 saturated carbocycles. The van der Waals surface area contributed by atoms with Gasteiger partial charge in [0.05, 0.1) is 25.4 Å². The zero-order valence-corrected chi connectivity index (χ0v) is 52.7. The monoisotopic (exact) mass is 1100 g/mol. The second-order valence-corrected chi connectivity index (χ2v) is 24.2. The van der Waals surface area contributed by atoms with E-state index in [9.17, 15) is 19.8 Å². The number of nitrogens with one attached hydrogen (secondary N) is 1. The lowest BCUT2D eigenvalue weighted by atomic mass is 10.0. The fourth-order valence-corrected chi connectivity index (χ4v) is 11.0. The summed E-state index contributed by atoms with van der Waals surface area (Å²) in [5, 5.41) is 23.1. The third-order valence-corrected chi connectivity index (χ3v) is 16.4. The first-order valence-corrected chi connectivity index (χ1v) is 35.3. The van der Waals surface area contributed by atoms with E-state index in [4.69, 9.17) is 4.74 Å². The van der Waals surface area contributed by atoms with Gasteiger partial charge in [-0.2, -0.15) is 0 Å². The average molecular weight is 1100 g/mol. The van der Waals surface area contributed by atoms with Crippen molar-refractivity contribution >= 4 is 11.9 Å². The van der Waals surface area contributed by atoms with Crippen LogP contribution in [0, 0.1) is 0 Å². The van der Waals surface area contributed by atoms with Gasteiger partial charge in [-0.25, -0.2) is 0 Å². The zero-order chi connectivity index (χ0) is 56.4. The van der Waals surface area contributed by atoms with Crippen molar-refractivity contribution in [3.63, 3.8) is 0 Å². The summed E-state index contributed by atoms with van der Waals surface area (Å²) in [6, 6.07) is -0.624. The molecule has 0 aliphatic rings. The molecule has 78 heavy (non-hydrogen) atoms. The Balaban J connectivity index is 3.34. The first-order valence-electron chi connectivity index (χ1n) is 35.3. The van der Waals surface area contributed by atoms with E-state index in [1.54, 1.807) is 6.08 Å². The third kappa shape index (κ3) is 63.3. The maximum atomic E-state index is 12.4. The number of allylic oxidation sites excluding steroid dienone is 5. The maximum absolute atomic E-state index is 12.4. The zero-order valence-electron chi connectivity index (χ0n) is 52.7. The molecule has 6 heteroatoms. The molecule has 0 heterocycles. The second kappa shape index (κ2) is 67.6. The number of esters is 1. The summed E-state index contributed by atoms with van der Waals surface area (Å²) in [4.78, 5) is 24.5. The van der Waals surface area contributed by atoms with Crippen molar-refractivity contribution in [2.45, 2.75) is 398 Å². The van der Waals surface area contributed by atoms with Gasteiger partial charge < -0.3 is 20.3 Å². The van der Waals surface area contributed by atoms with E-state index in [-0.39, 0.29) is 18.5 Å². The number of unbranched alkanes of at least 4 members (excludes halogenated alkanes) is 51. The van der Waals surface area contributed by atoms with Crippen LogP contribution in [0.2, 0.25) is 0 Å². The minimum atomic E-state index is -0.841. The fraction of sp³-hybridized carbons (Fsp3) is 0.889. The van der Waals surface area contributed by atoms with Crippen LogP contribution >= 0.6 is 0 Å². The highest BCUT2D eigenvalue weighted by atomic mass is 16.5. The van der Waals surface area contributed by atoms with Crippen LogP contribution in [0.5, 0.6) is 0 Å². The van der Waals surface area contributed by atoms with Crippen molar-refractivity contribution in [3.05, 3.63) is 36.5 Å². The van der Waals surface area contributed by atoms with Crippen molar-refractivity contribution in [1.29, 1.82) is 0 Å². The first-order chi connectivity index (χ1) is 38.5. The molecule has 0 aromatic carbocycles. The summed E-state index contributed by atoms with van der Waals surface area (Å²) in [5.74, 6) is -0.0501. The molecule has 0 saturated heterocycles. The van der Waals surface area contributed by atoms with Crippen LogP contribution in [0.3, 0.4) is 0 Å². The standard InChI is InChI=1S/C72H137NO5/c1-3-5-7-9-11-13-15-16-17-18-36-39-42-46-50-54-58-62-66-72(77)78-67-63-59-55-51-47-43-40-37-34-32-30-28-26-24-22-20-19-21-23-25-27-29-31-33-35-38-41-45-49-53-57-61-65-71(76)73-69(68-74)70(75)64-60-56-52-48-44-14-12-10-8-6-4-2/h17-18,22,24,60,64,69-70,74-75H,3-16,19-21,23,25-59,61-63,65-68H2,1-2H3,(H,73,76)/b18-17-,24-22-,64-60+. The Labute approximate surface area is 487 Å². The Bertz CT molecular complexity index is 1260. The number of carbonyl (C=O) groups is 2. The predicted molar refractivity (Wildman–Crippen MR) is 343 cm³/mol. The highest BCUT2D eigenvalue weighted by molar-refractivity contribution is 5.76. The number of carbonyl (C=O) groups excluding carboxylic acids is 2. The summed E-state index contributed by atoms with van der Waals surface area (Å²) >= 11 is 0. The molecule has 6 nitrogen and oxygen atoms in total. The van der Waals surface area contributed by atoms with Gasteiger partial charge in [-0.3, -0.25) is 9.59 Å². The van der Waals surface area contributed by atoms with Gasteiger partial charge in [-0.15, -0.1) is 0 Å². The lowest BCUT2D eigenvalue weighted by Crippen LogP contribution is -2.45. The molecule has 2 unspecified atom stereocenters. The molecular weight excluding hydrogens is 959 g/mol. The molecular formula is C72H137NO5. The van der Waals surface area contributed by atoms with Crippen LogP contribution in [0.25, 0.3) is 0 Å². The molecule has 0 fully saturated rings. The quantitative estimate of drug-likeness (QED) is 0.0320. The molecule has 0 aliphatic heterocycles. The van der Waals surface area contributed by atoms with Crippen LogP contribution in [-0.2, 0) is 14.3 Å². The topological polar surface area (TPSA) is 95.9 Å². The van der Waals surface area contributed by atoms with Crippen LogP contribution in [-0.4, -0.2) is 47.4 Å². The van der Waals surface area contributed by atoms with Crippen LogP contribution in [0.4, 0.5) is 0 Å². The van der Waals surface area contributed by atoms with Crippen molar-refractivity contribution in [2.75, 3.05) is 13.2 Å². The second-order valence-electron chi connectivity index (χ2n) is 24.2. The Morgan fingerprint density at radius 2 is 0.603 bits per heavy atom. The largest absolute Gasteiger partial charge is 0.466 e. The molecule has 0 radical (unpaired) electrons. The highest BCUT2D eigenvalue weighted by Crippen LogP contribution is 2.18. The van der Waals surface area contributed by atoms with E-state index in [1.807, 2.05) is 6.08 Å². The number of ether oxygens (including phenoxy) is 1. The fourth-order valence-electron chi connectivity index (χ4n) is 11.0. The van der Waals surface area contributed by atoms with Crippen molar-refractivity contribution in [2.24, 2.45) is 0 Å². The summed E-state index contributed by atoms with van der Waals surface area (Å²) in [7, 11) is 0. The normalized spacial score (nSPS) is 12.7. The number of aliphatic hydroxyl groups excluding tert-OH is 2. The van der Waals surface area contributed by atoms with Gasteiger partial charge in [0, 0.05) is 12.8 Å². The Kier molecular flexibility index (Phi) is 65.9. The SMILES string of the molecule is CCCCCCCCC/C=C\CCCCCCCCCC(=O)OCCCCCCCCCCCCCC/C=C\CCCCCCCCCCCCCCCCCCC(=O)NC(CO)C(O)/C=C/CCCCCCCCCCC. The molecule has 0 bridgehead atoms. The van der Waals surface area contributed by atoms with Crippen LogP contribution < -0.4 is 5.32 Å². The van der Waals surface area contributed by atoms with E-state index >= 15 is 0 Å². The summed E-state index contributed by atoms with van der Waals surface area (Å²) < 4.78 is 5.51. The number of aliphatic hydroxyl groups is 2. The Hall–Kier alpha value is -1.92. The molecule has 0 spiro atoms. The van der Waals surface area contributed by atoms with Crippen LogP contribution in [0.1, 0.15) is 386 Å². The number of hydrogen-bond donors (Lipinski definition) is 3. The summed E-state index contributed by atoms with van der Waals surface area (Å²) in [6.45, 7) is 4.91. The average Bonchev–Trinajstić information content (AvgIpc) is 3.44. The van der Waals surface area contributed by atoms with Gasteiger partial charge in [-0.1, -0.05) is 326 Å². The molecule has 1 amide bonds. The molecule has 460 valence electrons. The van der Waals surface area contributed by atoms with E-state index in [2.05, 4.69) is 43.5 Å². The molecule has 2 atom stereocenters. The van der Waals surface area contributed by atoms with E-state index in [0.29, 0.717) is 19.4 Å². The van der Waals surface area contributed by atoms with Gasteiger partial charge in [-0.05, 0) is 83.5 Å². The Morgan fingerprint density at radius 1 is 0.346 bits per heavy atom.